The van der Waals surface area contributed by atoms with Gasteiger partial charge in [0.25, 0.3) is 0 Å². The Balaban J connectivity index is 3.13. The maximum Gasteiger partial charge on any atom is 0.302 e. The summed E-state index contributed by atoms with van der Waals surface area (Å²) in [6.07, 6.45) is 1.63. The zero-order valence-electron chi connectivity index (χ0n) is 14.7. The zero-order chi connectivity index (χ0) is 17.6. The third-order valence-electron chi connectivity index (χ3n) is 3.72. The van der Waals surface area contributed by atoms with Gasteiger partial charge in [0, 0.05) is 19.7 Å². The van der Waals surface area contributed by atoms with Crippen LogP contribution in [0.4, 0.5) is 5.69 Å². The average Bonchev–Trinajstić information content (AvgIpc) is 2.49. The number of hydrogen-bond acceptors (Lipinski definition) is 3. The minimum Gasteiger partial charge on any atom is -0.461 e. The molecule has 126 valence electrons. The number of allylic oxidation sites excluding steroid dienone is 1. The molecular weight excluding hydrogens is 290 g/mol. The van der Waals surface area contributed by atoms with Crippen molar-refractivity contribution >= 4 is 17.6 Å². The maximum absolute atomic E-state index is 13.0. The van der Waals surface area contributed by atoms with Crippen LogP contribution in [0.1, 0.15) is 34.1 Å². The van der Waals surface area contributed by atoms with E-state index in [9.17, 15) is 9.59 Å². The van der Waals surface area contributed by atoms with E-state index in [2.05, 4.69) is 6.58 Å². The van der Waals surface area contributed by atoms with Crippen molar-refractivity contribution in [3.05, 3.63) is 43.0 Å². The summed E-state index contributed by atoms with van der Waals surface area (Å²) in [5.74, 6) is -0.937. The van der Waals surface area contributed by atoms with Gasteiger partial charge in [0.1, 0.15) is 6.10 Å². The number of rotatable bonds is 6. The van der Waals surface area contributed by atoms with Gasteiger partial charge in [0.2, 0.25) is 5.91 Å². The van der Waals surface area contributed by atoms with E-state index >= 15 is 0 Å². The van der Waals surface area contributed by atoms with Crippen LogP contribution in [-0.2, 0) is 14.3 Å². The molecule has 4 heteroatoms. The quantitative estimate of drug-likeness (QED) is 0.592. The van der Waals surface area contributed by atoms with Gasteiger partial charge in [-0.05, 0) is 24.0 Å². The van der Waals surface area contributed by atoms with Crippen LogP contribution < -0.4 is 4.90 Å². The standard InChI is InChI=1S/C19H27NO3/c1-7-11-16(17(19(3,4)5)23-14(2)21)18(22)20(6)15-12-9-8-10-13-15/h7-10,12-13,16-17H,1,11H2,2-6H3/t16-,17-/m0/s1. The van der Waals surface area contributed by atoms with Gasteiger partial charge in [0.15, 0.2) is 0 Å². The van der Waals surface area contributed by atoms with Gasteiger partial charge in [-0.1, -0.05) is 45.0 Å². The second kappa shape index (κ2) is 7.95. The highest BCUT2D eigenvalue weighted by Crippen LogP contribution is 2.32. The smallest absolute Gasteiger partial charge is 0.302 e. The molecule has 23 heavy (non-hydrogen) atoms. The molecule has 1 amide bonds. The Bertz CT molecular complexity index is 545. The molecule has 1 rings (SSSR count). The van der Waals surface area contributed by atoms with Crippen LogP contribution in [0.5, 0.6) is 0 Å². The summed E-state index contributed by atoms with van der Waals surface area (Å²) < 4.78 is 5.50. The summed E-state index contributed by atoms with van der Waals surface area (Å²) in [6, 6.07) is 9.42. The summed E-state index contributed by atoms with van der Waals surface area (Å²) in [4.78, 5) is 26.1. The van der Waals surface area contributed by atoms with E-state index in [1.807, 2.05) is 51.1 Å². The van der Waals surface area contributed by atoms with Crippen molar-refractivity contribution in [3.8, 4) is 0 Å². The van der Waals surface area contributed by atoms with E-state index in [0.29, 0.717) is 6.42 Å². The number of hydrogen-bond donors (Lipinski definition) is 0. The van der Waals surface area contributed by atoms with Crippen molar-refractivity contribution in [2.75, 3.05) is 11.9 Å². The van der Waals surface area contributed by atoms with Gasteiger partial charge in [-0.3, -0.25) is 9.59 Å². The molecule has 0 N–H and O–H groups in total. The van der Waals surface area contributed by atoms with Crippen LogP contribution in [0.3, 0.4) is 0 Å². The van der Waals surface area contributed by atoms with Crippen LogP contribution in [0.2, 0.25) is 0 Å². The highest BCUT2D eigenvalue weighted by Gasteiger charge is 2.39. The average molecular weight is 317 g/mol. The fourth-order valence-corrected chi connectivity index (χ4v) is 2.60. The van der Waals surface area contributed by atoms with E-state index in [-0.39, 0.29) is 17.3 Å². The molecule has 0 fully saturated rings. The first kappa shape index (κ1) is 18.9. The minimum atomic E-state index is -0.517. The lowest BCUT2D eigenvalue weighted by molar-refractivity contribution is -0.158. The summed E-state index contributed by atoms with van der Waals surface area (Å²) in [7, 11) is 1.74. The van der Waals surface area contributed by atoms with Crippen LogP contribution in [-0.4, -0.2) is 25.0 Å². The van der Waals surface area contributed by atoms with Crippen molar-refractivity contribution in [1.82, 2.24) is 0 Å². The Morgan fingerprint density at radius 1 is 1.26 bits per heavy atom. The van der Waals surface area contributed by atoms with Gasteiger partial charge in [-0.25, -0.2) is 0 Å². The molecule has 0 saturated carbocycles. The first-order valence-corrected chi connectivity index (χ1v) is 7.79. The first-order chi connectivity index (χ1) is 10.7. The molecule has 0 unspecified atom stereocenters. The molecule has 0 aliphatic heterocycles. The lowest BCUT2D eigenvalue weighted by Gasteiger charge is -2.36. The molecule has 0 aliphatic rings. The highest BCUT2D eigenvalue weighted by molar-refractivity contribution is 5.95. The van der Waals surface area contributed by atoms with Crippen molar-refractivity contribution in [2.45, 2.75) is 40.2 Å². The Morgan fingerprint density at radius 3 is 2.26 bits per heavy atom. The number of carbonyl (C=O) groups excluding carboxylic acids is 2. The molecule has 0 spiro atoms. The summed E-state index contributed by atoms with van der Waals surface area (Å²) in [5, 5.41) is 0. The molecule has 0 saturated heterocycles. The van der Waals surface area contributed by atoms with Crippen molar-refractivity contribution in [2.24, 2.45) is 11.3 Å². The topological polar surface area (TPSA) is 46.6 Å². The normalized spacial score (nSPS) is 13.8. The molecule has 2 atom stereocenters. The lowest BCUT2D eigenvalue weighted by atomic mass is 9.79. The van der Waals surface area contributed by atoms with Gasteiger partial charge >= 0.3 is 5.97 Å². The van der Waals surface area contributed by atoms with Crippen LogP contribution in [0.25, 0.3) is 0 Å². The van der Waals surface area contributed by atoms with Gasteiger partial charge < -0.3 is 9.64 Å². The third kappa shape index (κ3) is 5.23. The van der Waals surface area contributed by atoms with Gasteiger partial charge in [-0.15, -0.1) is 6.58 Å². The molecule has 4 nitrogen and oxygen atoms in total. The molecular formula is C19H27NO3. The number of para-hydroxylation sites is 1. The molecule has 0 bridgehead atoms. The number of benzene rings is 1. The predicted molar refractivity (Wildman–Crippen MR) is 93.2 cm³/mol. The fraction of sp³-hybridized carbons (Fsp3) is 0.474. The van der Waals surface area contributed by atoms with E-state index in [4.69, 9.17) is 4.74 Å². The molecule has 1 aromatic carbocycles. The maximum atomic E-state index is 13.0. The first-order valence-electron chi connectivity index (χ1n) is 7.79. The number of amides is 1. The Labute approximate surface area is 139 Å². The van der Waals surface area contributed by atoms with Crippen LogP contribution >= 0.6 is 0 Å². The monoisotopic (exact) mass is 317 g/mol. The van der Waals surface area contributed by atoms with Crippen molar-refractivity contribution in [1.29, 1.82) is 0 Å². The van der Waals surface area contributed by atoms with E-state index < -0.39 is 12.0 Å². The predicted octanol–water partition coefficient (Wildman–Crippen LogP) is 3.82. The number of anilines is 1. The fourth-order valence-electron chi connectivity index (χ4n) is 2.60. The molecule has 1 aromatic rings. The molecule has 0 aliphatic carbocycles. The van der Waals surface area contributed by atoms with Crippen LogP contribution in [0, 0.1) is 11.3 Å². The lowest BCUT2D eigenvalue weighted by Crippen LogP contribution is -2.46. The number of carbonyl (C=O) groups is 2. The zero-order valence-corrected chi connectivity index (χ0v) is 14.7. The minimum absolute atomic E-state index is 0.0859. The molecule has 0 radical (unpaired) electrons. The van der Waals surface area contributed by atoms with Crippen LogP contribution in [0.15, 0.2) is 43.0 Å². The van der Waals surface area contributed by atoms with Crippen molar-refractivity contribution in [3.63, 3.8) is 0 Å². The second-order valence-corrected chi connectivity index (χ2v) is 6.76. The Hall–Kier alpha value is -2.10. The van der Waals surface area contributed by atoms with E-state index in [0.717, 1.165) is 5.69 Å². The molecule has 0 aromatic heterocycles. The summed E-state index contributed by atoms with van der Waals surface area (Å²) >= 11 is 0. The van der Waals surface area contributed by atoms with Crippen molar-refractivity contribution < 1.29 is 14.3 Å². The SMILES string of the molecule is C=CC[C@H](C(=O)N(C)c1ccccc1)[C@H](OC(C)=O)C(C)(C)C. The highest BCUT2D eigenvalue weighted by atomic mass is 16.5. The largest absolute Gasteiger partial charge is 0.461 e. The van der Waals surface area contributed by atoms with E-state index in [1.54, 1.807) is 18.0 Å². The Morgan fingerprint density at radius 2 is 1.83 bits per heavy atom. The number of ether oxygens (including phenoxy) is 1. The second-order valence-electron chi connectivity index (χ2n) is 6.76. The Kier molecular flexibility index (Phi) is 6.55. The third-order valence-corrected chi connectivity index (χ3v) is 3.72. The summed E-state index contributed by atoms with van der Waals surface area (Å²) in [5.41, 5.74) is 0.453. The van der Waals surface area contributed by atoms with Gasteiger partial charge in [0.05, 0.1) is 5.92 Å². The molecule has 0 heterocycles. The number of esters is 1. The van der Waals surface area contributed by atoms with Gasteiger partial charge in [-0.2, -0.15) is 0 Å². The number of nitrogens with zero attached hydrogens (tertiary/aromatic N) is 1. The summed E-state index contributed by atoms with van der Waals surface area (Å²) in [6.45, 7) is 11.0. The van der Waals surface area contributed by atoms with E-state index in [1.165, 1.54) is 6.92 Å².